The molecule has 9 heteroatoms. The number of hydrogen-bond acceptors (Lipinski definition) is 8. The number of aliphatic hydroxyl groups is 2. The van der Waals surface area contributed by atoms with E-state index < -0.39 is 69.2 Å². The lowest BCUT2D eigenvalue weighted by Crippen LogP contribution is -2.76. The third-order valence-corrected chi connectivity index (χ3v) is 15.0. The molecule has 5 fully saturated rings. The van der Waals surface area contributed by atoms with Crippen LogP contribution in [0.4, 0.5) is 0 Å². The Morgan fingerprint density at radius 3 is 2.44 bits per heavy atom. The quantitative estimate of drug-likeness (QED) is 0.300. The van der Waals surface area contributed by atoms with E-state index >= 15 is 0 Å². The highest BCUT2D eigenvalue weighted by molar-refractivity contribution is 6.06. The molecule has 1 spiro atoms. The first kappa shape index (κ1) is 31.7. The van der Waals surface area contributed by atoms with Gasteiger partial charge in [-0.15, -0.1) is 0 Å². The number of H-pyrrole nitrogens is 1. The van der Waals surface area contributed by atoms with Gasteiger partial charge in [-0.2, -0.15) is 0 Å². The molecular weight excluding hydrogens is 610 g/mol. The summed E-state index contributed by atoms with van der Waals surface area (Å²) in [5.41, 5.74) is -0.0474. The summed E-state index contributed by atoms with van der Waals surface area (Å²) in [6.45, 7) is 17.6. The van der Waals surface area contributed by atoms with Gasteiger partial charge in [-0.25, -0.2) is 0 Å². The highest BCUT2D eigenvalue weighted by Crippen LogP contribution is 2.75. The highest BCUT2D eigenvalue weighted by Gasteiger charge is 2.87. The van der Waals surface area contributed by atoms with Crippen LogP contribution in [0.1, 0.15) is 115 Å². The Morgan fingerprint density at radius 2 is 1.75 bits per heavy atom. The summed E-state index contributed by atoms with van der Waals surface area (Å²) in [4.78, 5) is 30.4. The zero-order valence-electron chi connectivity index (χ0n) is 29.8. The van der Waals surface area contributed by atoms with Crippen LogP contribution in [0.25, 0.3) is 10.9 Å². The molecule has 0 bridgehead atoms. The lowest BCUT2D eigenvalue weighted by molar-refractivity contribution is -0.282. The fourth-order valence-electron chi connectivity index (χ4n) is 12.9. The molecule has 9 nitrogen and oxygen atoms in total. The van der Waals surface area contributed by atoms with Crippen molar-refractivity contribution in [1.29, 1.82) is 0 Å². The number of ketones is 1. The van der Waals surface area contributed by atoms with Crippen molar-refractivity contribution in [3.63, 3.8) is 0 Å². The van der Waals surface area contributed by atoms with E-state index in [9.17, 15) is 19.8 Å². The van der Waals surface area contributed by atoms with Crippen LogP contribution < -0.4 is 0 Å². The fraction of sp³-hybridized carbons (Fsp3) is 0.744. The number of Topliss-reactive ketones (excluding diaryl/α,β-unsaturated/α-hetero) is 1. The van der Waals surface area contributed by atoms with Gasteiger partial charge in [-0.05, 0) is 109 Å². The summed E-state index contributed by atoms with van der Waals surface area (Å²) in [5.74, 6) is -0.0672. The summed E-state index contributed by atoms with van der Waals surface area (Å²) in [6, 6.07) is 4.10. The lowest BCUT2D eigenvalue weighted by atomic mass is 9.40. The van der Waals surface area contributed by atoms with Gasteiger partial charge >= 0.3 is 5.97 Å². The van der Waals surface area contributed by atoms with Crippen molar-refractivity contribution in [2.45, 2.75) is 159 Å². The molecule has 2 aromatic rings. The Labute approximate surface area is 282 Å². The number of nitrogens with one attached hydrogen (secondary N) is 1. The van der Waals surface area contributed by atoms with Crippen LogP contribution in [-0.4, -0.2) is 79.4 Å². The van der Waals surface area contributed by atoms with Crippen molar-refractivity contribution in [3.8, 4) is 0 Å². The molecule has 7 aliphatic rings. The number of epoxide rings is 1. The minimum absolute atomic E-state index is 0.0908. The van der Waals surface area contributed by atoms with Gasteiger partial charge < -0.3 is 34.1 Å². The summed E-state index contributed by atoms with van der Waals surface area (Å²) in [7, 11) is 0. The molecule has 3 saturated heterocycles. The van der Waals surface area contributed by atoms with Crippen molar-refractivity contribution >= 4 is 22.7 Å². The average molecular weight is 662 g/mol. The molecule has 48 heavy (non-hydrogen) atoms. The van der Waals surface area contributed by atoms with Gasteiger partial charge in [-0.1, -0.05) is 13.8 Å². The second kappa shape index (κ2) is 8.94. The molecule has 4 heterocycles. The molecule has 1 aromatic heterocycles. The number of fused-ring (bicyclic) bond motifs is 10. The molecule has 9 rings (SSSR count). The van der Waals surface area contributed by atoms with Gasteiger partial charge in [0.25, 0.3) is 0 Å². The molecule has 0 amide bonds. The maximum absolute atomic E-state index is 14.2. The molecule has 0 radical (unpaired) electrons. The first-order chi connectivity index (χ1) is 22.2. The summed E-state index contributed by atoms with van der Waals surface area (Å²) in [5, 5.41) is 25.5. The van der Waals surface area contributed by atoms with E-state index in [1.54, 1.807) is 13.8 Å². The largest absolute Gasteiger partial charge is 0.457 e. The smallest absolute Gasteiger partial charge is 0.303 e. The Balaban J connectivity index is 1.16. The van der Waals surface area contributed by atoms with E-state index in [1.165, 1.54) is 23.6 Å². The van der Waals surface area contributed by atoms with E-state index in [0.29, 0.717) is 25.2 Å². The van der Waals surface area contributed by atoms with Gasteiger partial charge in [0, 0.05) is 45.8 Å². The molecule has 3 aliphatic heterocycles. The maximum Gasteiger partial charge on any atom is 0.303 e. The van der Waals surface area contributed by atoms with Crippen LogP contribution in [0.3, 0.4) is 0 Å². The van der Waals surface area contributed by atoms with Crippen molar-refractivity contribution in [2.24, 2.45) is 23.2 Å². The van der Waals surface area contributed by atoms with Crippen LogP contribution in [0.2, 0.25) is 0 Å². The molecule has 2 saturated carbocycles. The second-order valence-electron chi connectivity index (χ2n) is 18.4. The molecule has 4 aliphatic carbocycles. The summed E-state index contributed by atoms with van der Waals surface area (Å²) in [6.07, 6.45) is 1.80. The standard InChI is InChI=1S/C39H51NO8/c1-18(41)45-29-31(33(2,3)43)46-25-13-14-36(8)37(9)19(12-15-38(36,44)39(25)32(29)47-39)16-22-26-21-17-23-27(35(6,7)48-34(23,4)5)28(42)20(21)10-11-24(26)40-30(22)37/h10-11,19,23,25,27,29,31-32,40,43-44H,12-17H2,1-9H3/t19?,23?,25-,27?,29+,31-,32+,36?,37+,38-,39-/m0/s1. The predicted molar refractivity (Wildman–Crippen MR) is 177 cm³/mol. The van der Waals surface area contributed by atoms with Gasteiger partial charge in [0.05, 0.1) is 28.8 Å². The van der Waals surface area contributed by atoms with E-state index in [0.717, 1.165) is 35.9 Å². The first-order valence-electron chi connectivity index (χ1n) is 18.1. The van der Waals surface area contributed by atoms with E-state index in [2.05, 4.69) is 52.6 Å². The SMILES string of the molecule is CC(=O)O[C@H]1[C@H]2O[C@@]23[C@H](CCC2(C)[C@@]4(C)c5[nH]c6ccc7c(c6c5CC4CC[C@]23O)CC2C(C7=O)C(C)(C)OC2(C)C)O[C@@H]1C(C)(C)O. The monoisotopic (exact) mass is 661 g/mol. The number of rotatable bonds is 2. The third kappa shape index (κ3) is 3.42. The Bertz CT molecular complexity index is 1800. The van der Waals surface area contributed by atoms with Gasteiger partial charge in [-0.3, -0.25) is 9.59 Å². The Hall–Kier alpha value is -2.30. The van der Waals surface area contributed by atoms with Gasteiger partial charge in [0.2, 0.25) is 0 Å². The minimum Gasteiger partial charge on any atom is -0.457 e. The first-order valence-corrected chi connectivity index (χ1v) is 18.1. The molecule has 3 N–H and O–H groups in total. The number of esters is 1. The maximum atomic E-state index is 14.2. The van der Waals surface area contributed by atoms with Gasteiger partial charge in [0.15, 0.2) is 17.5 Å². The van der Waals surface area contributed by atoms with E-state index in [1.807, 2.05) is 6.07 Å². The molecule has 11 atom stereocenters. The van der Waals surface area contributed by atoms with Crippen LogP contribution in [0.5, 0.6) is 0 Å². The highest BCUT2D eigenvalue weighted by atomic mass is 16.7. The summed E-state index contributed by atoms with van der Waals surface area (Å²) < 4.78 is 25.6. The Morgan fingerprint density at radius 1 is 1.02 bits per heavy atom. The van der Waals surface area contributed by atoms with Crippen molar-refractivity contribution in [2.75, 3.05) is 0 Å². The molecular formula is C39H51NO8. The lowest BCUT2D eigenvalue weighted by Gasteiger charge is -2.66. The predicted octanol–water partition coefficient (Wildman–Crippen LogP) is 5.09. The molecule has 4 unspecified atom stereocenters. The van der Waals surface area contributed by atoms with Crippen molar-refractivity contribution in [3.05, 3.63) is 34.5 Å². The number of benzene rings is 1. The second-order valence-corrected chi connectivity index (χ2v) is 18.4. The zero-order valence-corrected chi connectivity index (χ0v) is 29.8. The number of hydrogen-bond donors (Lipinski definition) is 3. The van der Waals surface area contributed by atoms with Crippen LogP contribution in [0.15, 0.2) is 12.1 Å². The zero-order chi connectivity index (χ0) is 34.4. The minimum atomic E-state index is -1.27. The van der Waals surface area contributed by atoms with Crippen LogP contribution in [-0.2, 0) is 42.0 Å². The van der Waals surface area contributed by atoms with E-state index in [4.69, 9.17) is 18.9 Å². The van der Waals surface area contributed by atoms with Crippen LogP contribution >= 0.6 is 0 Å². The number of carbonyl (C=O) groups excluding carboxylic acids is 2. The number of aromatic amines is 1. The average Bonchev–Trinajstić information content (AvgIpc) is 3.47. The fourth-order valence-corrected chi connectivity index (χ4v) is 12.9. The van der Waals surface area contributed by atoms with Crippen LogP contribution in [0, 0.1) is 23.2 Å². The number of carbonyl (C=O) groups is 2. The normalized spacial score (nSPS) is 46.1. The topological polar surface area (TPSA) is 131 Å². The summed E-state index contributed by atoms with van der Waals surface area (Å²) >= 11 is 0. The number of ether oxygens (including phenoxy) is 4. The third-order valence-electron chi connectivity index (χ3n) is 15.0. The molecule has 1 aromatic carbocycles. The van der Waals surface area contributed by atoms with Crippen molar-refractivity contribution < 1.29 is 38.7 Å². The van der Waals surface area contributed by atoms with Gasteiger partial charge in [0.1, 0.15) is 17.8 Å². The Kier molecular flexibility index (Phi) is 5.90. The molecule has 260 valence electrons. The number of aromatic nitrogens is 1. The van der Waals surface area contributed by atoms with Crippen molar-refractivity contribution in [1.82, 2.24) is 4.98 Å². The van der Waals surface area contributed by atoms with E-state index in [-0.39, 0.29) is 17.6 Å².